The van der Waals surface area contributed by atoms with E-state index in [0.29, 0.717) is 5.41 Å². The molecule has 0 atom stereocenters. The van der Waals surface area contributed by atoms with E-state index in [0.717, 1.165) is 18.8 Å². The summed E-state index contributed by atoms with van der Waals surface area (Å²) >= 11 is 1.78. The second kappa shape index (κ2) is 6.75. The zero-order chi connectivity index (χ0) is 15.5. The van der Waals surface area contributed by atoms with Gasteiger partial charge in [0.05, 0.1) is 19.4 Å². The lowest BCUT2D eigenvalue weighted by atomic mass is 9.71. The van der Waals surface area contributed by atoms with E-state index in [-0.39, 0.29) is 0 Å². The quantitative estimate of drug-likeness (QED) is 0.857. The van der Waals surface area contributed by atoms with Crippen LogP contribution < -0.4 is 0 Å². The highest BCUT2D eigenvalue weighted by atomic mass is 32.1. The summed E-state index contributed by atoms with van der Waals surface area (Å²) in [7, 11) is 0. The molecular weight excluding hydrogens is 306 g/mol. The Kier molecular flexibility index (Phi) is 4.51. The summed E-state index contributed by atoms with van der Waals surface area (Å²) < 4.78 is 5.48. The van der Waals surface area contributed by atoms with Gasteiger partial charge in [0.15, 0.2) is 0 Å². The van der Waals surface area contributed by atoms with Crippen LogP contribution in [0.5, 0.6) is 0 Å². The van der Waals surface area contributed by atoms with E-state index in [9.17, 15) is 0 Å². The Labute approximate surface area is 142 Å². The van der Waals surface area contributed by atoms with E-state index in [2.05, 4.69) is 26.2 Å². The topological polar surface area (TPSA) is 32.5 Å². The van der Waals surface area contributed by atoms with Crippen LogP contribution >= 0.6 is 11.3 Å². The van der Waals surface area contributed by atoms with Crippen molar-refractivity contribution in [3.63, 3.8) is 0 Å². The summed E-state index contributed by atoms with van der Waals surface area (Å²) in [6.07, 6.45) is 9.09. The number of hydrogen-bond acceptors (Lipinski definition) is 5. The Bertz CT molecular complexity index is 522. The average Bonchev–Trinajstić information content (AvgIpc) is 3.26. The molecule has 0 unspecified atom stereocenters. The predicted molar refractivity (Wildman–Crippen MR) is 92.3 cm³/mol. The van der Waals surface area contributed by atoms with Crippen LogP contribution in [-0.4, -0.2) is 41.0 Å². The third kappa shape index (κ3) is 3.67. The molecule has 0 radical (unpaired) electrons. The lowest BCUT2D eigenvalue weighted by molar-refractivity contribution is 0.0281. The first kappa shape index (κ1) is 15.4. The average molecular weight is 331 g/mol. The van der Waals surface area contributed by atoms with Gasteiger partial charge in [-0.25, -0.2) is 4.98 Å². The molecule has 2 aromatic heterocycles. The monoisotopic (exact) mass is 331 g/mol. The zero-order valence-electron chi connectivity index (χ0n) is 13.6. The van der Waals surface area contributed by atoms with Crippen molar-refractivity contribution < 1.29 is 4.42 Å². The van der Waals surface area contributed by atoms with Gasteiger partial charge in [-0.05, 0) is 69.4 Å². The van der Waals surface area contributed by atoms with Gasteiger partial charge in [0.1, 0.15) is 10.8 Å². The van der Waals surface area contributed by atoms with Crippen molar-refractivity contribution in [2.45, 2.75) is 38.8 Å². The van der Waals surface area contributed by atoms with Crippen LogP contribution in [0, 0.1) is 5.41 Å². The molecule has 4 nitrogen and oxygen atoms in total. The Morgan fingerprint density at radius 2 is 1.74 bits per heavy atom. The summed E-state index contributed by atoms with van der Waals surface area (Å²) in [4.78, 5) is 9.55. The number of furan rings is 1. The maximum Gasteiger partial charge on any atom is 0.117 e. The van der Waals surface area contributed by atoms with Crippen molar-refractivity contribution >= 4 is 11.3 Å². The highest BCUT2D eigenvalue weighted by Gasteiger charge is 2.37. The van der Waals surface area contributed by atoms with Crippen LogP contribution in [0.1, 0.15) is 36.5 Å². The number of aromatic nitrogens is 1. The standard InChI is InChI=1S/C18H25N3OS/c1-2-16(22-12-1)14-20-8-3-18(4-9-20)5-10-21(11-6-18)15-17-19-7-13-23-17/h1-2,7,12-13H,3-6,8-11,14-15H2. The van der Waals surface area contributed by atoms with E-state index < -0.39 is 0 Å². The summed E-state index contributed by atoms with van der Waals surface area (Å²) in [5, 5.41) is 3.34. The molecule has 23 heavy (non-hydrogen) atoms. The molecular formula is C18H25N3OS. The minimum absolute atomic E-state index is 0.596. The summed E-state index contributed by atoms with van der Waals surface area (Å²) in [5.41, 5.74) is 0.596. The van der Waals surface area contributed by atoms with E-state index in [1.54, 1.807) is 17.6 Å². The van der Waals surface area contributed by atoms with Gasteiger partial charge >= 0.3 is 0 Å². The van der Waals surface area contributed by atoms with Crippen LogP contribution in [0.2, 0.25) is 0 Å². The molecule has 4 rings (SSSR count). The van der Waals surface area contributed by atoms with E-state index >= 15 is 0 Å². The molecule has 2 aromatic rings. The third-order valence-electron chi connectivity index (χ3n) is 5.64. The number of thiazole rings is 1. The maximum absolute atomic E-state index is 5.48. The van der Waals surface area contributed by atoms with Gasteiger partial charge in [-0.3, -0.25) is 9.80 Å². The fourth-order valence-corrected chi connectivity index (χ4v) is 4.67. The van der Waals surface area contributed by atoms with Gasteiger partial charge in [0.25, 0.3) is 0 Å². The minimum atomic E-state index is 0.596. The molecule has 2 aliphatic heterocycles. The molecule has 2 saturated heterocycles. The Balaban J connectivity index is 1.25. The molecule has 1 spiro atoms. The van der Waals surface area contributed by atoms with Gasteiger partial charge < -0.3 is 4.42 Å². The van der Waals surface area contributed by atoms with Crippen LogP contribution in [0.25, 0.3) is 0 Å². The van der Waals surface area contributed by atoms with E-state index in [1.807, 2.05) is 12.3 Å². The van der Waals surface area contributed by atoms with Gasteiger partial charge in [-0.1, -0.05) is 0 Å². The van der Waals surface area contributed by atoms with Crippen molar-refractivity contribution in [1.29, 1.82) is 0 Å². The normalized spacial score (nSPS) is 22.6. The molecule has 0 aliphatic carbocycles. The molecule has 0 bridgehead atoms. The van der Waals surface area contributed by atoms with Crippen molar-refractivity contribution in [2.75, 3.05) is 26.2 Å². The van der Waals surface area contributed by atoms with Gasteiger partial charge in [0.2, 0.25) is 0 Å². The Morgan fingerprint density at radius 1 is 1.04 bits per heavy atom. The van der Waals surface area contributed by atoms with Crippen LogP contribution in [0.15, 0.2) is 34.4 Å². The highest BCUT2D eigenvalue weighted by molar-refractivity contribution is 7.09. The first-order valence-corrected chi connectivity index (χ1v) is 9.55. The Hall–Kier alpha value is -1.17. The van der Waals surface area contributed by atoms with E-state index in [1.165, 1.54) is 56.9 Å². The summed E-state index contributed by atoms with van der Waals surface area (Å²) in [6.45, 7) is 6.91. The van der Waals surface area contributed by atoms with Crippen molar-refractivity contribution in [2.24, 2.45) is 5.41 Å². The highest BCUT2D eigenvalue weighted by Crippen LogP contribution is 2.41. The minimum Gasteiger partial charge on any atom is -0.468 e. The largest absolute Gasteiger partial charge is 0.468 e. The second-order valence-corrected chi connectivity index (χ2v) is 8.04. The van der Waals surface area contributed by atoms with Crippen molar-refractivity contribution in [3.8, 4) is 0 Å². The van der Waals surface area contributed by atoms with Crippen molar-refractivity contribution in [1.82, 2.24) is 14.8 Å². The number of hydrogen-bond donors (Lipinski definition) is 0. The van der Waals surface area contributed by atoms with Crippen LogP contribution in [0.3, 0.4) is 0 Å². The van der Waals surface area contributed by atoms with Gasteiger partial charge in [-0.15, -0.1) is 11.3 Å². The molecule has 124 valence electrons. The smallest absolute Gasteiger partial charge is 0.117 e. The van der Waals surface area contributed by atoms with Crippen LogP contribution in [0.4, 0.5) is 0 Å². The number of likely N-dealkylation sites (tertiary alicyclic amines) is 2. The predicted octanol–water partition coefficient (Wildman–Crippen LogP) is 3.61. The van der Waals surface area contributed by atoms with E-state index in [4.69, 9.17) is 4.42 Å². The zero-order valence-corrected chi connectivity index (χ0v) is 14.4. The lowest BCUT2D eigenvalue weighted by Gasteiger charge is -2.46. The van der Waals surface area contributed by atoms with Crippen molar-refractivity contribution in [3.05, 3.63) is 40.7 Å². The SMILES string of the molecule is c1coc(CN2CCC3(CC2)CCN(Cc2nccs2)CC3)c1. The number of rotatable bonds is 4. The summed E-state index contributed by atoms with van der Waals surface area (Å²) in [6, 6.07) is 4.07. The second-order valence-electron chi connectivity index (χ2n) is 7.06. The number of piperidine rings is 2. The molecule has 0 saturated carbocycles. The molecule has 5 heteroatoms. The fraction of sp³-hybridized carbons (Fsp3) is 0.611. The first-order chi connectivity index (χ1) is 11.3. The first-order valence-electron chi connectivity index (χ1n) is 8.67. The molecule has 2 aliphatic rings. The molecule has 0 amide bonds. The molecule has 0 N–H and O–H groups in total. The van der Waals surface area contributed by atoms with Crippen LogP contribution in [-0.2, 0) is 13.1 Å². The fourth-order valence-electron chi connectivity index (χ4n) is 4.02. The summed E-state index contributed by atoms with van der Waals surface area (Å²) in [5.74, 6) is 1.10. The lowest BCUT2D eigenvalue weighted by Crippen LogP contribution is -2.46. The molecule has 0 aromatic carbocycles. The Morgan fingerprint density at radius 3 is 2.30 bits per heavy atom. The maximum atomic E-state index is 5.48. The van der Waals surface area contributed by atoms with Gasteiger partial charge in [0, 0.05) is 11.6 Å². The third-order valence-corrected chi connectivity index (χ3v) is 6.40. The molecule has 2 fully saturated rings. The number of nitrogens with zero attached hydrogens (tertiary/aromatic N) is 3. The van der Waals surface area contributed by atoms with Gasteiger partial charge in [-0.2, -0.15) is 0 Å². The molecule has 4 heterocycles.